The van der Waals surface area contributed by atoms with Gasteiger partial charge in [-0.2, -0.15) is 0 Å². The van der Waals surface area contributed by atoms with Gasteiger partial charge >= 0.3 is 0 Å². The van der Waals surface area contributed by atoms with Crippen LogP contribution in [0.15, 0.2) is 36.4 Å². The number of halogens is 1. The quantitative estimate of drug-likeness (QED) is 0.729. The number of carbonyl (C=O) groups is 1. The minimum atomic E-state index is -0.348. The van der Waals surface area contributed by atoms with E-state index in [4.69, 9.17) is 9.47 Å². The summed E-state index contributed by atoms with van der Waals surface area (Å²) in [5, 5.41) is 8.23. The molecule has 26 heavy (non-hydrogen) atoms. The number of ether oxygens (including phenoxy) is 2. The summed E-state index contributed by atoms with van der Waals surface area (Å²) in [5.74, 6) is 0.770. The van der Waals surface area contributed by atoms with E-state index >= 15 is 0 Å². The Hall–Kier alpha value is -2.74. The van der Waals surface area contributed by atoms with Crippen LogP contribution in [0.2, 0.25) is 0 Å². The van der Waals surface area contributed by atoms with Crippen molar-refractivity contribution in [1.82, 2.24) is 15.1 Å². The predicted molar refractivity (Wildman–Crippen MR) is 93.9 cm³/mol. The molecule has 3 rings (SSSR count). The molecule has 0 bridgehead atoms. The first-order valence-corrected chi connectivity index (χ1v) is 8.42. The minimum absolute atomic E-state index is 0.0855. The van der Waals surface area contributed by atoms with Crippen LogP contribution in [0.1, 0.15) is 10.4 Å². The monoisotopic (exact) mass is 360 g/mol. The molecule has 1 amide bonds. The summed E-state index contributed by atoms with van der Waals surface area (Å²) in [7, 11) is 1.61. The van der Waals surface area contributed by atoms with Crippen molar-refractivity contribution in [2.24, 2.45) is 0 Å². The molecule has 138 valence electrons. The van der Waals surface area contributed by atoms with Crippen LogP contribution in [0.25, 0.3) is 0 Å². The molecule has 0 unspecified atom stereocenters. The highest BCUT2D eigenvalue weighted by atomic mass is 19.1. The summed E-state index contributed by atoms with van der Waals surface area (Å²) in [6.07, 6.45) is 0. The van der Waals surface area contributed by atoms with Gasteiger partial charge in [-0.05, 0) is 30.3 Å². The van der Waals surface area contributed by atoms with Gasteiger partial charge in [0.2, 0.25) is 5.88 Å². The zero-order chi connectivity index (χ0) is 18.4. The molecule has 0 aliphatic carbocycles. The lowest BCUT2D eigenvalue weighted by atomic mass is 10.2. The molecule has 1 fully saturated rings. The Bertz CT molecular complexity index is 716. The van der Waals surface area contributed by atoms with Gasteiger partial charge in [0, 0.05) is 44.9 Å². The van der Waals surface area contributed by atoms with Crippen molar-refractivity contribution in [3.05, 3.63) is 47.8 Å². The van der Waals surface area contributed by atoms with Crippen molar-refractivity contribution in [1.29, 1.82) is 0 Å². The summed E-state index contributed by atoms with van der Waals surface area (Å²) in [6, 6.07) is 9.25. The van der Waals surface area contributed by atoms with Crippen LogP contribution in [0.3, 0.4) is 0 Å². The molecule has 7 nitrogen and oxygen atoms in total. The van der Waals surface area contributed by atoms with Crippen LogP contribution in [-0.4, -0.2) is 67.5 Å². The largest absolute Gasteiger partial charge is 0.474 e. The van der Waals surface area contributed by atoms with Crippen LogP contribution in [0, 0.1) is 5.82 Å². The van der Waals surface area contributed by atoms with Gasteiger partial charge in [0.15, 0.2) is 5.82 Å². The topological polar surface area (TPSA) is 67.8 Å². The van der Waals surface area contributed by atoms with Crippen molar-refractivity contribution in [2.75, 3.05) is 51.4 Å². The molecule has 1 saturated heterocycles. The highest BCUT2D eigenvalue weighted by Crippen LogP contribution is 2.16. The number of benzene rings is 1. The first-order chi connectivity index (χ1) is 12.7. The van der Waals surface area contributed by atoms with Gasteiger partial charge in [-0.25, -0.2) is 4.39 Å². The van der Waals surface area contributed by atoms with E-state index in [1.807, 2.05) is 6.07 Å². The Balaban J connectivity index is 1.53. The van der Waals surface area contributed by atoms with E-state index in [0.29, 0.717) is 50.8 Å². The number of nitrogens with zero attached hydrogens (tertiary/aromatic N) is 4. The Kier molecular flexibility index (Phi) is 5.96. The average molecular weight is 360 g/mol. The molecule has 1 aliphatic rings. The molecule has 8 heteroatoms. The maximum Gasteiger partial charge on any atom is 0.253 e. The van der Waals surface area contributed by atoms with Gasteiger partial charge in [-0.1, -0.05) is 0 Å². The number of carbonyl (C=O) groups excluding carboxylic acids is 1. The molecule has 0 radical (unpaired) electrons. The number of hydrogen-bond donors (Lipinski definition) is 0. The fourth-order valence-corrected chi connectivity index (χ4v) is 2.70. The molecular formula is C18H21FN4O3. The van der Waals surface area contributed by atoms with Gasteiger partial charge in [-0.3, -0.25) is 4.79 Å². The molecule has 2 heterocycles. The molecule has 1 aromatic heterocycles. The molecule has 2 aromatic rings. The van der Waals surface area contributed by atoms with Crippen LogP contribution in [0.4, 0.5) is 10.2 Å². The summed E-state index contributed by atoms with van der Waals surface area (Å²) in [4.78, 5) is 16.3. The second-order valence-corrected chi connectivity index (χ2v) is 5.86. The predicted octanol–water partition coefficient (Wildman–Crippen LogP) is 1.60. The van der Waals surface area contributed by atoms with Crippen molar-refractivity contribution < 1.29 is 18.7 Å². The zero-order valence-electron chi connectivity index (χ0n) is 14.6. The lowest BCUT2D eigenvalue weighted by molar-refractivity contribution is 0.0746. The Morgan fingerprint density at radius 2 is 1.77 bits per heavy atom. The lowest BCUT2D eigenvalue weighted by Crippen LogP contribution is -2.49. The number of rotatable bonds is 6. The smallest absolute Gasteiger partial charge is 0.253 e. The van der Waals surface area contributed by atoms with Crippen LogP contribution in [0.5, 0.6) is 5.88 Å². The van der Waals surface area contributed by atoms with Gasteiger partial charge in [0.05, 0.1) is 6.61 Å². The van der Waals surface area contributed by atoms with Crippen molar-refractivity contribution in [3.8, 4) is 5.88 Å². The van der Waals surface area contributed by atoms with E-state index in [1.165, 1.54) is 24.3 Å². The van der Waals surface area contributed by atoms with Gasteiger partial charge in [0.25, 0.3) is 5.91 Å². The third-order valence-electron chi connectivity index (χ3n) is 4.15. The van der Waals surface area contributed by atoms with E-state index in [-0.39, 0.29) is 11.7 Å². The van der Waals surface area contributed by atoms with Gasteiger partial charge < -0.3 is 19.3 Å². The van der Waals surface area contributed by atoms with E-state index in [2.05, 4.69) is 15.1 Å². The van der Waals surface area contributed by atoms with Crippen molar-refractivity contribution >= 4 is 11.7 Å². The molecular weight excluding hydrogens is 339 g/mol. The number of amides is 1. The summed E-state index contributed by atoms with van der Waals surface area (Å²) in [5.41, 5.74) is 0.497. The molecule has 1 aromatic carbocycles. The van der Waals surface area contributed by atoms with Crippen LogP contribution in [-0.2, 0) is 4.74 Å². The molecule has 1 aliphatic heterocycles. The molecule has 0 N–H and O–H groups in total. The first-order valence-electron chi connectivity index (χ1n) is 8.42. The Labute approximate surface area is 151 Å². The highest BCUT2D eigenvalue weighted by Gasteiger charge is 2.23. The normalized spacial score (nSPS) is 14.4. The van der Waals surface area contributed by atoms with E-state index < -0.39 is 0 Å². The highest BCUT2D eigenvalue weighted by molar-refractivity contribution is 5.94. The molecule has 0 atom stereocenters. The zero-order valence-corrected chi connectivity index (χ0v) is 14.6. The van der Waals surface area contributed by atoms with Crippen LogP contribution < -0.4 is 9.64 Å². The first kappa shape index (κ1) is 18.1. The second kappa shape index (κ2) is 8.57. The molecule has 0 spiro atoms. The van der Waals surface area contributed by atoms with Crippen molar-refractivity contribution in [3.63, 3.8) is 0 Å². The Morgan fingerprint density at radius 1 is 1.04 bits per heavy atom. The van der Waals surface area contributed by atoms with E-state index in [1.54, 1.807) is 18.1 Å². The van der Waals surface area contributed by atoms with Crippen LogP contribution >= 0.6 is 0 Å². The number of methoxy groups -OCH3 is 1. The second-order valence-electron chi connectivity index (χ2n) is 5.86. The third-order valence-corrected chi connectivity index (χ3v) is 4.15. The summed E-state index contributed by atoms with van der Waals surface area (Å²) >= 11 is 0. The summed E-state index contributed by atoms with van der Waals surface area (Å²) < 4.78 is 23.3. The van der Waals surface area contributed by atoms with Gasteiger partial charge in [0.1, 0.15) is 12.4 Å². The number of aromatic nitrogens is 2. The van der Waals surface area contributed by atoms with Crippen molar-refractivity contribution in [2.45, 2.75) is 0 Å². The van der Waals surface area contributed by atoms with E-state index in [9.17, 15) is 9.18 Å². The van der Waals surface area contributed by atoms with E-state index in [0.717, 1.165) is 5.82 Å². The fraction of sp³-hybridized carbons (Fsp3) is 0.389. The molecule has 0 saturated carbocycles. The third kappa shape index (κ3) is 4.45. The fourth-order valence-electron chi connectivity index (χ4n) is 2.70. The summed E-state index contributed by atoms with van der Waals surface area (Å²) in [6.45, 7) is 3.38. The number of anilines is 1. The maximum absolute atomic E-state index is 13.0. The number of hydrogen-bond acceptors (Lipinski definition) is 6. The maximum atomic E-state index is 13.0. The average Bonchev–Trinajstić information content (AvgIpc) is 2.69. The minimum Gasteiger partial charge on any atom is -0.474 e. The Morgan fingerprint density at radius 3 is 2.38 bits per heavy atom. The SMILES string of the molecule is COCCOc1ccc(N2CCN(C(=O)c3ccc(F)cc3)CC2)nn1. The lowest BCUT2D eigenvalue weighted by Gasteiger charge is -2.35. The van der Waals surface area contributed by atoms with Gasteiger partial charge in [-0.15, -0.1) is 10.2 Å². The number of piperazine rings is 1. The standard InChI is InChI=1S/C18H21FN4O3/c1-25-12-13-26-17-7-6-16(20-21-17)22-8-10-23(11-9-22)18(24)14-2-4-15(19)5-3-14/h2-7H,8-13H2,1H3.